The number of esters is 1. The molecule has 0 bridgehead atoms. The number of urea groups is 1. The van der Waals surface area contributed by atoms with Gasteiger partial charge in [-0.15, -0.1) is 0 Å². The molecule has 1 fully saturated rings. The van der Waals surface area contributed by atoms with Gasteiger partial charge in [-0.25, -0.2) is 9.59 Å². The second-order valence-corrected chi connectivity index (χ2v) is 6.71. The number of amides is 4. The van der Waals surface area contributed by atoms with Crippen molar-refractivity contribution in [3.05, 3.63) is 29.8 Å². The molecule has 1 unspecified atom stereocenters. The first-order valence-electron chi connectivity index (χ1n) is 9.02. The minimum Gasteiger partial charge on any atom is -0.462 e. The Bertz CT molecular complexity index is 715. The highest BCUT2D eigenvalue weighted by Gasteiger charge is 2.40. The zero-order valence-corrected chi connectivity index (χ0v) is 15.8. The molecule has 27 heavy (non-hydrogen) atoms. The number of rotatable bonds is 8. The molecule has 1 aliphatic rings. The number of imide groups is 1. The summed E-state index contributed by atoms with van der Waals surface area (Å²) in [5.41, 5.74) is 0.843. The maximum Gasteiger partial charge on any atom is 0.338 e. The van der Waals surface area contributed by atoms with Crippen molar-refractivity contribution in [2.24, 2.45) is 5.92 Å². The van der Waals surface area contributed by atoms with Gasteiger partial charge in [0.2, 0.25) is 5.91 Å². The Morgan fingerprint density at radius 1 is 1.22 bits per heavy atom. The van der Waals surface area contributed by atoms with Gasteiger partial charge in [0.15, 0.2) is 0 Å². The zero-order valence-electron chi connectivity index (χ0n) is 15.8. The van der Waals surface area contributed by atoms with E-state index in [-0.39, 0.29) is 12.5 Å². The normalized spacial score (nSPS) is 16.4. The Morgan fingerprint density at radius 2 is 1.89 bits per heavy atom. The third-order valence-electron chi connectivity index (χ3n) is 4.16. The van der Waals surface area contributed by atoms with Crippen LogP contribution in [0.3, 0.4) is 0 Å². The number of hydrogen-bond donors (Lipinski definition) is 2. The molecule has 0 radical (unpaired) electrons. The number of ether oxygens (including phenoxy) is 1. The van der Waals surface area contributed by atoms with E-state index in [1.54, 1.807) is 24.3 Å². The molecule has 0 aliphatic carbocycles. The highest BCUT2D eigenvalue weighted by Crippen LogP contribution is 2.15. The molecule has 8 heteroatoms. The van der Waals surface area contributed by atoms with E-state index in [1.165, 1.54) is 0 Å². The average Bonchev–Trinajstić information content (AvgIpc) is 2.91. The fourth-order valence-electron chi connectivity index (χ4n) is 2.57. The molecule has 1 aliphatic heterocycles. The molecule has 4 amide bonds. The third kappa shape index (κ3) is 5.29. The van der Waals surface area contributed by atoms with Crippen LogP contribution in [0.1, 0.15) is 44.0 Å². The molecule has 8 nitrogen and oxygen atoms in total. The van der Waals surface area contributed by atoms with Crippen LogP contribution in [0.2, 0.25) is 0 Å². The molecular formula is C19H25N3O5. The summed E-state index contributed by atoms with van der Waals surface area (Å²) in [6, 6.07) is 5.05. The van der Waals surface area contributed by atoms with Crippen LogP contribution in [0.5, 0.6) is 0 Å². The molecule has 0 aromatic heterocycles. The molecule has 1 aromatic rings. The standard InChI is InChI=1S/C19H25N3O5/c1-4-5-10-27-18(25)13-6-8-14(9-7-13)20-15(23)11-22-17(24)16(12(2)3)21-19(22)26/h6-9,12,16H,4-5,10-11H2,1-3H3,(H,20,23)(H,21,26). The lowest BCUT2D eigenvalue weighted by molar-refractivity contribution is -0.131. The van der Waals surface area contributed by atoms with Gasteiger partial charge in [0.25, 0.3) is 5.91 Å². The number of hydrogen-bond acceptors (Lipinski definition) is 5. The number of anilines is 1. The number of benzene rings is 1. The van der Waals surface area contributed by atoms with Crippen LogP contribution in [0.25, 0.3) is 0 Å². The monoisotopic (exact) mass is 375 g/mol. The molecular weight excluding hydrogens is 350 g/mol. The van der Waals surface area contributed by atoms with Crippen LogP contribution in [0, 0.1) is 5.92 Å². The van der Waals surface area contributed by atoms with Crippen molar-refractivity contribution in [2.45, 2.75) is 39.7 Å². The van der Waals surface area contributed by atoms with E-state index in [4.69, 9.17) is 4.74 Å². The molecule has 1 saturated heterocycles. The Kier molecular flexibility index (Phi) is 6.92. The largest absolute Gasteiger partial charge is 0.462 e. The van der Waals surface area contributed by atoms with Crippen LogP contribution >= 0.6 is 0 Å². The summed E-state index contributed by atoms with van der Waals surface area (Å²) in [4.78, 5) is 49.0. The van der Waals surface area contributed by atoms with E-state index in [2.05, 4.69) is 10.6 Å². The smallest absolute Gasteiger partial charge is 0.338 e. The Morgan fingerprint density at radius 3 is 2.44 bits per heavy atom. The SMILES string of the molecule is CCCCOC(=O)c1ccc(NC(=O)CN2C(=O)NC(C(C)C)C2=O)cc1. The lowest BCUT2D eigenvalue weighted by atomic mass is 10.1. The fraction of sp³-hybridized carbons (Fsp3) is 0.474. The number of carbonyl (C=O) groups excluding carboxylic acids is 4. The molecule has 0 saturated carbocycles. The van der Waals surface area contributed by atoms with Crippen LogP contribution in [-0.4, -0.2) is 47.9 Å². The summed E-state index contributed by atoms with van der Waals surface area (Å²) in [6.07, 6.45) is 1.74. The summed E-state index contributed by atoms with van der Waals surface area (Å²) in [6.45, 7) is 5.65. The van der Waals surface area contributed by atoms with Crippen molar-refractivity contribution in [1.29, 1.82) is 0 Å². The van der Waals surface area contributed by atoms with Gasteiger partial charge in [-0.1, -0.05) is 27.2 Å². The van der Waals surface area contributed by atoms with E-state index in [0.717, 1.165) is 17.7 Å². The predicted molar refractivity (Wildman–Crippen MR) is 99.1 cm³/mol. The number of nitrogens with zero attached hydrogens (tertiary/aromatic N) is 1. The third-order valence-corrected chi connectivity index (χ3v) is 4.16. The summed E-state index contributed by atoms with van der Waals surface area (Å²) >= 11 is 0. The van der Waals surface area contributed by atoms with Gasteiger partial charge in [0.05, 0.1) is 12.2 Å². The summed E-state index contributed by atoms with van der Waals surface area (Å²) in [7, 11) is 0. The van der Waals surface area contributed by atoms with Gasteiger partial charge in [0, 0.05) is 5.69 Å². The Hall–Kier alpha value is -2.90. The minimum atomic E-state index is -0.608. The lowest BCUT2D eigenvalue weighted by Gasteiger charge is -2.14. The second-order valence-electron chi connectivity index (χ2n) is 6.71. The molecule has 1 heterocycles. The van der Waals surface area contributed by atoms with E-state index < -0.39 is 29.9 Å². The molecule has 2 N–H and O–H groups in total. The Labute approximate surface area is 158 Å². The van der Waals surface area contributed by atoms with Crippen molar-refractivity contribution >= 4 is 29.5 Å². The highest BCUT2D eigenvalue weighted by molar-refractivity contribution is 6.08. The molecule has 2 rings (SSSR count). The van der Waals surface area contributed by atoms with Crippen LogP contribution in [0.15, 0.2) is 24.3 Å². The zero-order chi connectivity index (χ0) is 20.0. The maximum atomic E-state index is 12.2. The lowest BCUT2D eigenvalue weighted by Crippen LogP contribution is -2.39. The first kappa shape index (κ1) is 20.4. The highest BCUT2D eigenvalue weighted by atomic mass is 16.5. The topological polar surface area (TPSA) is 105 Å². The van der Waals surface area contributed by atoms with Gasteiger partial charge < -0.3 is 15.4 Å². The molecule has 146 valence electrons. The van der Waals surface area contributed by atoms with Crippen molar-refractivity contribution in [3.8, 4) is 0 Å². The fourth-order valence-corrected chi connectivity index (χ4v) is 2.57. The Balaban J connectivity index is 1.90. The summed E-state index contributed by atoms with van der Waals surface area (Å²) in [5, 5.41) is 5.18. The second kappa shape index (κ2) is 9.16. The van der Waals surface area contributed by atoms with Gasteiger partial charge in [-0.3, -0.25) is 14.5 Å². The molecule has 1 aromatic carbocycles. The van der Waals surface area contributed by atoms with E-state index in [0.29, 0.717) is 17.9 Å². The van der Waals surface area contributed by atoms with Gasteiger partial charge in [0.1, 0.15) is 12.6 Å². The van der Waals surface area contributed by atoms with Crippen molar-refractivity contribution in [1.82, 2.24) is 10.2 Å². The van der Waals surface area contributed by atoms with Crippen LogP contribution in [-0.2, 0) is 14.3 Å². The number of carbonyl (C=O) groups is 4. The first-order chi connectivity index (χ1) is 12.8. The first-order valence-corrected chi connectivity index (χ1v) is 9.02. The van der Waals surface area contributed by atoms with E-state index in [9.17, 15) is 19.2 Å². The van der Waals surface area contributed by atoms with Crippen molar-refractivity contribution in [3.63, 3.8) is 0 Å². The predicted octanol–water partition coefficient (Wildman–Crippen LogP) is 2.16. The molecule has 0 spiro atoms. The van der Waals surface area contributed by atoms with E-state index in [1.807, 2.05) is 20.8 Å². The molecule has 1 atom stereocenters. The maximum absolute atomic E-state index is 12.2. The average molecular weight is 375 g/mol. The van der Waals surface area contributed by atoms with Crippen molar-refractivity contribution in [2.75, 3.05) is 18.5 Å². The van der Waals surface area contributed by atoms with Gasteiger partial charge in [-0.2, -0.15) is 0 Å². The van der Waals surface area contributed by atoms with Gasteiger partial charge in [-0.05, 0) is 36.6 Å². The van der Waals surface area contributed by atoms with Crippen LogP contribution in [0.4, 0.5) is 10.5 Å². The quantitative estimate of drug-likeness (QED) is 0.412. The van der Waals surface area contributed by atoms with E-state index >= 15 is 0 Å². The number of nitrogens with one attached hydrogen (secondary N) is 2. The minimum absolute atomic E-state index is 0.0564. The number of unbranched alkanes of at least 4 members (excludes halogenated alkanes) is 1. The van der Waals surface area contributed by atoms with Gasteiger partial charge >= 0.3 is 12.0 Å². The summed E-state index contributed by atoms with van der Waals surface area (Å²) in [5.74, 6) is -1.38. The van der Waals surface area contributed by atoms with Crippen LogP contribution < -0.4 is 10.6 Å². The van der Waals surface area contributed by atoms with Crippen molar-refractivity contribution < 1.29 is 23.9 Å². The summed E-state index contributed by atoms with van der Waals surface area (Å²) < 4.78 is 5.12.